The largest absolute Gasteiger partial charge is 0.494 e. The zero-order valence-corrected chi connectivity index (χ0v) is 18.6. The third kappa shape index (κ3) is 5.72. The van der Waals surface area contributed by atoms with Crippen LogP contribution >= 0.6 is 0 Å². The maximum absolute atomic E-state index is 12.5. The number of nitrogens with zero attached hydrogens (tertiary/aromatic N) is 1. The van der Waals surface area contributed by atoms with Crippen molar-refractivity contribution in [3.8, 4) is 11.5 Å². The molecule has 7 nitrogen and oxygen atoms in total. The first kappa shape index (κ1) is 22.0. The first-order chi connectivity index (χ1) is 15.6. The van der Waals surface area contributed by atoms with Gasteiger partial charge in [0.25, 0.3) is 5.91 Å². The van der Waals surface area contributed by atoms with Gasteiger partial charge in [0.15, 0.2) is 6.61 Å². The van der Waals surface area contributed by atoms with Gasteiger partial charge in [0.05, 0.1) is 12.3 Å². The second-order valence-corrected chi connectivity index (χ2v) is 8.47. The highest BCUT2D eigenvalue weighted by Crippen LogP contribution is 2.34. The van der Waals surface area contributed by atoms with Crippen LogP contribution in [0.1, 0.15) is 44.1 Å². The lowest BCUT2D eigenvalue weighted by molar-refractivity contribution is -0.121. The van der Waals surface area contributed by atoms with E-state index in [0.29, 0.717) is 36.7 Å². The zero-order valence-electron chi connectivity index (χ0n) is 18.6. The Labute approximate surface area is 189 Å². The molecule has 0 saturated heterocycles. The van der Waals surface area contributed by atoms with E-state index in [9.17, 15) is 9.59 Å². The molecule has 0 spiro atoms. The Kier molecular flexibility index (Phi) is 7.14. The number of amides is 3. The summed E-state index contributed by atoms with van der Waals surface area (Å²) < 4.78 is 11.4. The summed E-state index contributed by atoms with van der Waals surface area (Å²) in [6.45, 7) is 3.06. The molecule has 7 heteroatoms. The molecule has 4 rings (SSSR count). The van der Waals surface area contributed by atoms with Gasteiger partial charge in [-0.1, -0.05) is 31.4 Å². The second kappa shape index (κ2) is 10.4. The fourth-order valence-electron chi connectivity index (χ4n) is 4.24. The van der Waals surface area contributed by atoms with Crippen LogP contribution in [0.4, 0.5) is 16.2 Å². The minimum Gasteiger partial charge on any atom is -0.494 e. The summed E-state index contributed by atoms with van der Waals surface area (Å²) in [5, 5.41) is 5.95. The molecule has 0 radical (unpaired) electrons. The molecule has 1 fully saturated rings. The number of hydrogen-bond acceptors (Lipinski definition) is 4. The monoisotopic (exact) mass is 437 g/mol. The summed E-state index contributed by atoms with van der Waals surface area (Å²) in [5.74, 6) is 1.37. The van der Waals surface area contributed by atoms with Crippen LogP contribution in [-0.2, 0) is 4.79 Å². The van der Waals surface area contributed by atoms with E-state index < -0.39 is 0 Å². The Morgan fingerprint density at radius 2 is 2.00 bits per heavy atom. The van der Waals surface area contributed by atoms with Crippen LogP contribution in [0.5, 0.6) is 11.5 Å². The highest BCUT2D eigenvalue weighted by atomic mass is 16.5. The summed E-state index contributed by atoms with van der Waals surface area (Å²) in [7, 11) is 0. The predicted octanol–water partition coefficient (Wildman–Crippen LogP) is 4.64. The molecule has 0 bridgehead atoms. The third-order valence-corrected chi connectivity index (χ3v) is 5.88. The van der Waals surface area contributed by atoms with Gasteiger partial charge < -0.3 is 25.0 Å². The Morgan fingerprint density at radius 1 is 1.16 bits per heavy atom. The lowest BCUT2D eigenvalue weighted by Gasteiger charge is -2.30. The van der Waals surface area contributed by atoms with Gasteiger partial charge in [0, 0.05) is 18.3 Å². The normalized spacial score (nSPS) is 16.2. The average molecular weight is 438 g/mol. The number of hydrogen-bond donors (Lipinski definition) is 2. The maximum atomic E-state index is 12.5. The minimum atomic E-state index is -0.210. The molecule has 3 amide bonds. The SMILES string of the molecule is Cc1cccc(OCCCN2C(=O)COc3ccc(NC(=O)NC4CCCCC4)cc32)c1. The first-order valence-electron chi connectivity index (χ1n) is 11.4. The number of ether oxygens (including phenoxy) is 2. The fourth-order valence-corrected chi connectivity index (χ4v) is 4.24. The number of urea groups is 1. The molecule has 1 aliphatic carbocycles. The predicted molar refractivity (Wildman–Crippen MR) is 125 cm³/mol. The number of aryl methyl sites for hydroxylation is 1. The summed E-state index contributed by atoms with van der Waals surface area (Å²) >= 11 is 0. The van der Waals surface area contributed by atoms with Crippen molar-refractivity contribution in [2.24, 2.45) is 0 Å². The van der Waals surface area contributed by atoms with Crippen molar-refractivity contribution < 1.29 is 19.1 Å². The van der Waals surface area contributed by atoms with Crippen LogP contribution in [-0.4, -0.2) is 37.7 Å². The average Bonchev–Trinajstić information content (AvgIpc) is 2.78. The fraction of sp³-hybridized carbons (Fsp3) is 0.440. The highest BCUT2D eigenvalue weighted by molar-refractivity contribution is 5.99. The molecule has 1 heterocycles. The van der Waals surface area contributed by atoms with Crippen molar-refractivity contribution in [2.45, 2.75) is 51.5 Å². The van der Waals surface area contributed by atoms with E-state index in [1.807, 2.05) is 31.2 Å². The molecule has 0 unspecified atom stereocenters. The van der Waals surface area contributed by atoms with Crippen molar-refractivity contribution in [3.63, 3.8) is 0 Å². The highest BCUT2D eigenvalue weighted by Gasteiger charge is 2.26. The number of carbonyl (C=O) groups excluding carboxylic acids is 2. The van der Waals surface area contributed by atoms with Crippen LogP contribution in [0, 0.1) is 6.92 Å². The summed E-state index contributed by atoms with van der Waals surface area (Å²) in [6.07, 6.45) is 6.29. The van der Waals surface area contributed by atoms with Crippen molar-refractivity contribution in [3.05, 3.63) is 48.0 Å². The number of rotatable bonds is 7. The van der Waals surface area contributed by atoms with Gasteiger partial charge >= 0.3 is 6.03 Å². The van der Waals surface area contributed by atoms with Crippen molar-refractivity contribution in [1.29, 1.82) is 0 Å². The molecule has 1 aliphatic heterocycles. The quantitative estimate of drug-likeness (QED) is 0.618. The van der Waals surface area contributed by atoms with Gasteiger partial charge in [0.1, 0.15) is 11.5 Å². The minimum absolute atomic E-state index is 0.0146. The summed E-state index contributed by atoms with van der Waals surface area (Å²) in [4.78, 5) is 26.6. The molecule has 32 heavy (non-hydrogen) atoms. The standard InChI is InChI=1S/C25H31N3O4/c1-18-7-5-10-21(15-18)31-14-6-13-28-22-16-20(11-12-23(22)32-17-24(28)29)27-25(30)26-19-8-3-2-4-9-19/h5,7,10-12,15-16,19H,2-4,6,8-9,13-14,17H2,1H3,(H2,26,27,30). The number of benzene rings is 2. The van der Waals surface area contributed by atoms with Gasteiger partial charge in [-0.25, -0.2) is 4.79 Å². The van der Waals surface area contributed by atoms with Crippen LogP contribution in [0.3, 0.4) is 0 Å². The molecule has 2 N–H and O–H groups in total. The Bertz CT molecular complexity index is 956. The van der Waals surface area contributed by atoms with Gasteiger partial charge in [-0.05, 0) is 62.1 Å². The first-order valence-corrected chi connectivity index (χ1v) is 11.4. The number of anilines is 2. The van der Waals surface area contributed by atoms with E-state index in [2.05, 4.69) is 10.6 Å². The van der Waals surface area contributed by atoms with Gasteiger partial charge in [-0.3, -0.25) is 4.79 Å². The van der Waals surface area contributed by atoms with E-state index in [4.69, 9.17) is 9.47 Å². The number of fused-ring (bicyclic) bond motifs is 1. The van der Waals surface area contributed by atoms with E-state index in [1.165, 1.54) is 6.42 Å². The molecule has 1 saturated carbocycles. The molecule has 2 aliphatic rings. The maximum Gasteiger partial charge on any atom is 0.319 e. The Morgan fingerprint density at radius 3 is 2.81 bits per heavy atom. The molecule has 170 valence electrons. The van der Waals surface area contributed by atoms with E-state index in [1.54, 1.807) is 23.1 Å². The number of nitrogens with one attached hydrogen (secondary N) is 2. The van der Waals surface area contributed by atoms with Gasteiger partial charge in [-0.15, -0.1) is 0 Å². The van der Waals surface area contributed by atoms with Crippen LogP contribution in [0.25, 0.3) is 0 Å². The van der Waals surface area contributed by atoms with Crippen molar-refractivity contribution in [2.75, 3.05) is 30.0 Å². The van der Waals surface area contributed by atoms with E-state index in [-0.39, 0.29) is 24.6 Å². The molecule has 0 atom stereocenters. The van der Waals surface area contributed by atoms with Gasteiger partial charge in [0.2, 0.25) is 0 Å². The summed E-state index contributed by atoms with van der Waals surface area (Å²) in [6, 6.07) is 13.3. The number of carbonyl (C=O) groups is 2. The summed E-state index contributed by atoms with van der Waals surface area (Å²) in [5.41, 5.74) is 2.45. The molecule has 0 aromatic heterocycles. The Hall–Kier alpha value is -3.22. The van der Waals surface area contributed by atoms with E-state index >= 15 is 0 Å². The van der Waals surface area contributed by atoms with Crippen LogP contribution in [0.15, 0.2) is 42.5 Å². The van der Waals surface area contributed by atoms with Crippen molar-refractivity contribution in [1.82, 2.24) is 5.32 Å². The molecule has 2 aromatic carbocycles. The zero-order chi connectivity index (χ0) is 22.3. The topological polar surface area (TPSA) is 79.9 Å². The molecule has 2 aromatic rings. The van der Waals surface area contributed by atoms with E-state index in [0.717, 1.165) is 37.0 Å². The Balaban J connectivity index is 1.35. The third-order valence-electron chi connectivity index (χ3n) is 5.88. The molecular weight excluding hydrogens is 406 g/mol. The van der Waals surface area contributed by atoms with Crippen LogP contribution in [0.2, 0.25) is 0 Å². The lowest BCUT2D eigenvalue weighted by atomic mass is 9.96. The smallest absolute Gasteiger partial charge is 0.319 e. The lowest BCUT2D eigenvalue weighted by Crippen LogP contribution is -2.40. The van der Waals surface area contributed by atoms with Gasteiger partial charge in [-0.2, -0.15) is 0 Å². The second-order valence-electron chi connectivity index (χ2n) is 8.47. The van der Waals surface area contributed by atoms with Crippen molar-refractivity contribution >= 4 is 23.3 Å². The molecular formula is C25H31N3O4. The van der Waals surface area contributed by atoms with Crippen LogP contribution < -0.4 is 25.0 Å².